The highest BCUT2D eigenvalue weighted by Crippen LogP contribution is 2.31. The zero-order valence-electron chi connectivity index (χ0n) is 7.89. The lowest BCUT2D eigenvalue weighted by molar-refractivity contribution is 0.226. The van der Waals surface area contributed by atoms with Gasteiger partial charge >= 0.3 is 0 Å². The average Bonchev–Trinajstić information content (AvgIpc) is 2.73. The maximum atomic E-state index is 10.1. The smallest absolute Gasteiger partial charge is 0.126 e. The van der Waals surface area contributed by atoms with Crippen molar-refractivity contribution in [2.75, 3.05) is 0 Å². The SMILES string of the molecule is Cc1ncsc1C(O)c1scnc1C. The number of hydrogen-bond donors (Lipinski definition) is 1. The van der Waals surface area contributed by atoms with Crippen LogP contribution in [0.15, 0.2) is 11.0 Å². The van der Waals surface area contributed by atoms with Gasteiger partial charge in [-0.15, -0.1) is 22.7 Å². The first-order chi connectivity index (χ1) is 6.70. The lowest BCUT2D eigenvalue weighted by Crippen LogP contribution is -1.98. The number of rotatable bonds is 2. The Morgan fingerprint density at radius 1 is 1.07 bits per heavy atom. The Kier molecular flexibility index (Phi) is 2.62. The number of aliphatic hydroxyl groups is 1. The Bertz CT molecular complexity index is 395. The fourth-order valence-corrected chi connectivity index (χ4v) is 2.93. The Balaban J connectivity index is 2.38. The number of aliphatic hydroxyl groups excluding tert-OH is 1. The first kappa shape index (κ1) is 9.76. The van der Waals surface area contributed by atoms with E-state index in [2.05, 4.69) is 9.97 Å². The molecule has 0 radical (unpaired) electrons. The predicted molar refractivity (Wildman–Crippen MR) is 57.8 cm³/mol. The van der Waals surface area contributed by atoms with Crippen LogP contribution in [0, 0.1) is 13.8 Å². The van der Waals surface area contributed by atoms with Crippen LogP contribution >= 0.6 is 22.7 Å². The lowest BCUT2D eigenvalue weighted by atomic mass is 10.2. The monoisotopic (exact) mass is 226 g/mol. The molecule has 0 aliphatic rings. The molecule has 0 aliphatic heterocycles. The second-order valence-electron chi connectivity index (χ2n) is 3.01. The molecule has 0 saturated heterocycles. The number of aromatic nitrogens is 2. The molecule has 3 nitrogen and oxygen atoms in total. The van der Waals surface area contributed by atoms with Crippen molar-refractivity contribution in [1.82, 2.24) is 9.97 Å². The summed E-state index contributed by atoms with van der Waals surface area (Å²) in [5.74, 6) is 0. The van der Waals surface area contributed by atoms with Crippen LogP contribution in [-0.2, 0) is 0 Å². The van der Waals surface area contributed by atoms with E-state index in [1.807, 2.05) is 13.8 Å². The van der Waals surface area contributed by atoms with Crippen molar-refractivity contribution in [3.63, 3.8) is 0 Å². The number of aryl methyl sites for hydroxylation is 2. The summed E-state index contributed by atoms with van der Waals surface area (Å²) in [5, 5.41) is 10.1. The van der Waals surface area contributed by atoms with Crippen molar-refractivity contribution >= 4 is 22.7 Å². The van der Waals surface area contributed by atoms with Crippen molar-refractivity contribution in [2.45, 2.75) is 20.0 Å². The van der Waals surface area contributed by atoms with Gasteiger partial charge < -0.3 is 5.11 Å². The third kappa shape index (κ3) is 1.58. The molecular weight excluding hydrogens is 216 g/mol. The summed E-state index contributed by atoms with van der Waals surface area (Å²) in [4.78, 5) is 10.1. The predicted octanol–water partition coefficient (Wildman–Crippen LogP) is 2.30. The summed E-state index contributed by atoms with van der Waals surface area (Å²) in [6.45, 7) is 3.82. The van der Waals surface area contributed by atoms with E-state index in [9.17, 15) is 5.11 Å². The Labute approximate surface area is 90.1 Å². The maximum absolute atomic E-state index is 10.1. The van der Waals surface area contributed by atoms with Gasteiger partial charge in [-0.2, -0.15) is 0 Å². The molecule has 0 unspecified atom stereocenters. The van der Waals surface area contributed by atoms with Crippen LogP contribution in [0.1, 0.15) is 27.2 Å². The molecule has 5 heteroatoms. The fraction of sp³-hybridized carbons (Fsp3) is 0.333. The number of nitrogens with zero attached hydrogens (tertiary/aromatic N) is 2. The summed E-state index contributed by atoms with van der Waals surface area (Å²) in [6.07, 6.45) is -0.560. The molecule has 14 heavy (non-hydrogen) atoms. The fourth-order valence-electron chi connectivity index (χ4n) is 1.27. The summed E-state index contributed by atoms with van der Waals surface area (Å²) < 4.78 is 0. The maximum Gasteiger partial charge on any atom is 0.126 e. The van der Waals surface area contributed by atoms with Gasteiger partial charge in [0.25, 0.3) is 0 Å². The molecule has 0 bridgehead atoms. The van der Waals surface area contributed by atoms with Crippen molar-refractivity contribution in [3.8, 4) is 0 Å². The van der Waals surface area contributed by atoms with Gasteiger partial charge in [0.05, 0.1) is 32.2 Å². The third-order valence-electron chi connectivity index (χ3n) is 2.06. The summed E-state index contributed by atoms with van der Waals surface area (Å²) in [7, 11) is 0. The van der Waals surface area contributed by atoms with Gasteiger partial charge in [0.15, 0.2) is 0 Å². The highest BCUT2D eigenvalue weighted by molar-refractivity contribution is 7.11. The average molecular weight is 226 g/mol. The van der Waals surface area contributed by atoms with E-state index < -0.39 is 6.10 Å². The first-order valence-electron chi connectivity index (χ1n) is 4.18. The van der Waals surface area contributed by atoms with Crippen molar-refractivity contribution < 1.29 is 5.11 Å². The van der Waals surface area contributed by atoms with Crippen LogP contribution in [0.3, 0.4) is 0 Å². The van der Waals surface area contributed by atoms with Gasteiger partial charge in [0, 0.05) is 0 Å². The van der Waals surface area contributed by atoms with E-state index in [-0.39, 0.29) is 0 Å². The van der Waals surface area contributed by atoms with E-state index in [0.29, 0.717) is 0 Å². The second kappa shape index (κ2) is 3.76. The van der Waals surface area contributed by atoms with Gasteiger partial charge in [-0.3, -0.25) is 0 Å². The zero-order chi connectivity index (χ0) is 10.1. The molecule has 1 N–H and O–H groups in total. The van der Waals surface area contributed by atoms with Crippen LogP contribution in [0.2, 0.25) is 0 Å². The Hall–Kier alpha value is -0.780. The van der Waals surface area contributed by atoms with Crippen LogP contribution < -0.4 is 0 Å². The number of thiazole rings is 2. The van der Waals surface area contributed by atoms with E-state index >= 15 is 0 Å². The van der Waals surface area contributed by atoms with Gasteiger partial charge in [-0.1, -0.05) is 0 Å². The quantitative estimate of drug-likeness (QED) is 0.854. The van der Waals surface area contributed by atoms with Gasteiger partial charge in [-0.05, 0) is 13.8 Å². The molecule has 2 rings (SSSR count). The third-order valence-corrected chi connectivity index (χ3v) is 4.03. The van der Waals surface area contributed by atoms with Gasteiger partial charge in [0.2, 0.25) is 0 Å². The van der Waals surface area contributed by atoms with E-state index in [1.54, 1.807) is 11.0 Å². The molecule has 74 valence electrons. The van der Waals surface area contributed by atoms with E-state index in [0.717, 1.165) is 21.1 Å². The minimum atomic E-state index is -0.560. The molecule has 2 heterocycles. The zero-order valence-corrected chi connectivity index (χ0v) is 9.52. The lowest BCUT2D eigenvalue weighted by Gasteiger charge is -2.07. The summed E-state index contributed by atoms with van der Waals surface area (Å²) in [5.41, 5.74) is 5.31. The van der Waals surface area contributed by atoms with Crippen molar-refractivity contribution in [3.05, 3.63) is 32.2 Å². The van der Waals surface area contributed by atoms with Crippen LogP contribution in [0.5, 0.6) is 0 Å². The molecule has 0 aliphatic carbocycles. The van der Waals surface area contributed by atoms with Crippen molar-refractivity contribution in [2.24, 2.45) is 0 Å². The van der Waals surface area contributed by atoms with Gasteiger partial charge in [-0.25, -0.2) is 9.97 Å². The minimum Gasteiger partial charge on any atom is -0.382 e. The Morgan fingerprint density at radius 3 is 1.79 bits per heavy atom. The second-order valence-corrected chi connectivity index (χ2v) is 4.78. The van der Waals surface area contributed by atoms with Crippen molar-refractivity contribution in [1.29, 1.82) is 0 Å². The van der Waals surface area contributed by atoms with E-state index in [4.69, 9.17) is 0 Å². The Morgan fingerprint density at radius 2 is 1.50 bits per heavy atom. The summed E-state index contributed by atoms with van der Waals surface area (Å²) >= 11 is 2.96. The molecule has 2 aromatic rings. The largest absolute Gasteiger partial charge is 0.382 e. The standard InChI is InChI=1S/C9H10N2OS2/c1-5-8(13-3-10-5)7(12)9-6(2)11-4-14-9/h3-4,7,12H,1-2H3. The normalized spacial score (nSPS) is 11.1. The molecule has 0 spiro atoms. The van der Waals surface area contributed by atoms with E-state index in [1.165, 1.54) is 22.7 Å². The highest BCUT2D eigenvalue weighted by atomic mass is 32.1. The van der Waals surface area contributed by atoms with Crippen LogP contribution in [-0.4, -0.2) is 15.1 Å². The minimum absolute atomic E-state index is 0.560. The molecular formula is C9H10N2OS2. The topological polar surface area (TPSA) is 46.0 Å². The van der Waals surface area contributed by atoms with Gasteiger partial charge in [0.1, 0.15) is 6.10 Å². The molecule has 0 saturated carbocycles. The van der Waals surface area contributed by atoms with Crippen LogP contribution in [0.4, 0.5) is 0 Å². The first-order valence-corrected chi connectivity index (χ1v) is 5.94. The molecule has 0 aromatic carbocycles. The molecule has 2 aromatic heterocycles. The molecule has 0 atom stereocenters. The van der Waals surface area contributed by atoms with Crippen LogP contribution in [0.25, 0.3) is 0 Å². The highest BCUT2D eigenvalue weighted by Gasteiger charge is 2.18. The molecule has 0 fully saturated rings. The summed E-state index contributed by atoms with van der Waals surface area (Å²) in [6, 6.07) is 0. The number of hydrogen-bond acceptors (Lipinski definition) is 5. The molecule has 0 amide bonds.